The predicted molar refractivity (Wildman–Crippen MR) is 124 cm³/mol. The largest absolute Gasteiger partial charge is 0.356 e. The zero-order valence-electron chi connectivity index (χ0n) is 17.5. The fourth-order valence-electron chi connectivity index (χ4n) is 3.68. The summed E-state index contributed by atoms with van der Waals surface area (Å²) in [6.45, 7) is 7.08. The van der Waals surface area contributed by atoms with Crippen LogP contribution in [0.4, 0.5) is 0 Å². The lowest BCUT2D eigenvalue weighted by Gasteiger charge is -2.30. The van der Waals surface area contributed by atoms with Crippen molar-refractivity contribution in [2.75, 3.05) is 46.8 Å². The van der Waals surface area contributed by atoms with Crippen molar-refractivity contribution >= 4 is 35.8 Å². The zero-order valence-corrected chi connectivity index (χ0v) is 19.8. The lowest BCUT2D eigenvalue weighted by molar-refractivity contribution is -0.127. The van der Waals surface area contributed by atoms with Crippen molar-refractivity contribution in [3.05, 3.63) is 0 Å². The highest BCUT2D eigenvalue weighted by atomic mass is 127. The molecule has 6 nitrogen and oxygen atoms in total. The van der Waals surface area contributed by atoms with E-state index in [0.29, 0.717) is 6.04 Å². The first-order valence-electron chi connectivity index (χ1n) is 10.5. The quantitative estimate of drug-likeness (QED) is 0.248. The molecule has 158 valence electrons. The minimum Gasteiger partial charge on any atom is -0.356 e. The van der Waals surface area contributed by atoms with Gasteiger partial charge < -0.3 is 20.4 Å². The molecule has 0 aromatic carbocycles. The van der Waals surface area contributed by atoms with E-state index in [2.05, 4.69) is 27.4 Å². The minimum atomic E-state index is 0. The fraction of sp³-hybridized carbons (Fsp3) is 0.900. The van der Waals surface area contributed by atoms with E-state index in [9.17, 15) is 4.79 Å². The van der Waals surface area contributed by atoms with Gasteiger partial charge in [-0.15, -0.1) is 24.0 Å². The Hall–Kier alpha value is -0.570. The van der Waals surface area contributed by atoms with E-state index in [1.54, 1.807) is 19.0 Å². The number of nitrogens with one attached hydrogen (secondary N) is 2. The number of hydrogen-bond donors (Lipinski definition) is 2. The molecular formula is C20H40IN5O. The first-order valence-corrected chi connectivity index (χ1v) is 10.5. The number of guanidine groups is 1. The topological polar surface area (TPSA) is 60.0 Å². The summed E-state index contributed by atoms with van der Waals surface area (Å²) in [7, 11) is 3.55. The standard InChI is InChI=1S/C20H39N5O.HI/c1-17-10-14-25(15-11-17)13-7-12-21-20(22-16-19(26)24(2)3)23-18-8-5-4-6-9-18;/h17-18H,4-16H2,1-3H3,(H2,21,22,23);1H. The Morgan fingerprint density at radius 3 is 2.41 bits per heavy atom. The van der Waals surface area contributed by atoms with Crippen LogP contribution >= 0.6 is 24.0 Å². The van der Waals surface area contributed by atoms with Gasteiger partial charge in [-0.25, -0.2) is 4.99 Å². The maximum atomic E-state index is 11.9. The molecule has 7 heteroatoms. The Morgan fingerprint density at radius 1 is 1.11 bits per heavy atom. The third-order valence-electron chi connectivity index (χ3n) is 5.64. The average molecular weight is 493 g/mol. The monoisotopic (exact) mass is 493 g/mol. The molecule has 2 N–H and O–H groups in total. The maximum absolute atomic E-state index is 11.9. The number of aliphatic imine (C=N–C) groups is 1. The van der Waals surface area contributed by atoms with E-state index in [-0.39, 0.29) is 36.4 Å². The second kappa shape index (κ2) is 13.6. The molecule has 27 heavy (non-hydrogen) atoms. The van der Waals surface area contributed by atoms with Crippen LogP contribution in [-0.2, 0) is 4.79 Å². The van der Waals surface area contributed by atoms with Gasteiger partial charge >= 0.3 is 0 Å². The second-order valence-corrected chi connectivity index (χ2v) is 8.24. The summed E-state index contributed by atoms with van der Waals surface area (Å²) in [5.74, 6) is 1.73. The van der Waals surface area contributed by atoms with Crippen LogP contribution in [0.25, 0.3) is 0 Å². The Balaban J connectivity index is 0.00000364. The van der Waals surface area contributed by atoms with Crippen molar-refractivity contribution in [2.45, 2.75) is 64.3 Å². The summed E-state index contributed by atoms with van der Waals surface area (Å²) in [6, 6.07) is 0.494. The summed E-state index contributed by atoms with van der Waals surface area (Å²) >= 11 is 0. The van der Waals surface area contributed by atoms with Crippen molar-refractivity contribution in [2.24, 2.45) is 10.9 Å². The molecule has 0 spiro atoms. The highest BCUT2D eigenvalue weighted by Gasteiger charge is 2.16. The number of amides is 1. The molecule has 2 fully saturated rings. The highest BCUT2D eigenvalue weighted by Crippen LogP contribution is 2.17. The molecule has 2 rings (SSSR count). The van der Waals surface area contributed by atoms with Crippen LogP contribution in [-0.4, -0.2) is 74.5 Å². The summed E-state index contributed by atoms with van der Waals surface area (Å²) in [4.78, 5) is 20.6. The minimum absolute atomic E-state index is 0. The molecule has 1 saturated carbocycles. The zero-order chi connectivity index (χ0) is 18.8. The van der Waals surface area contributed by atoms with Crippen molar-refractivity contribution in [1.82, 2.24) is 20.4 Å². The Bertz CT molecular complexity index is 444. The molecule has 2 aliphatic rings. The normalized spacial score (nSPS) is 20.0. The number of carbonyl (C=O) groups excluding carboxylic acids is 1. The van der Waals surface area contributed by atoms with Gasteiger partial charge in [0.1, 0.15) is 6.54 Å². The maximum Gasteiger partial charge on any atom is 0.243 e. The van der Waals surface area contributed by atoms with E-state index in [0.717, 1.165) is 31.4 Å². The van der Waals surface area contributed by atoms with Crippen molar-refractivity contribution < 1.29 is 4.79 Å². The van der Waals surface area contributed by atoms with Gasteiger partial charge in [0.25, 0.3) is 0 Å². The molecule has 0 atom stereocenters. The number of rotatable bonds is 7. The molecule has 0 radical (unpaired) electrons. The lowest BCUT2D eigenvalue weighted by atomic mass is 9.96. The van der Waals surface area contributed by atoms with E-state index in [1.807, 2.05) is 0 Å². The molecule has 1 saturated heterocycles. The molecule has 1 aliphatic heterocycles. The first-order chi connectivity index (χ1) is 12.5. The molecule has 0 unspecified atom stereocenters. The van der Waals surface area contributed by atoms with Crippen LogP contribution in [0, 0.1) is 5.92 Å². The van der Waals surface area contributed by atoms with Gasteiger partial charge in [0, 0.05) is 26.7 Å². The highest BCUT2D eigenvalue weighted by molar-refractivity contribution is 14.0. The molecule has 1 amide bonds. The summed E-state index contributed by atoms with van der Waals surface area (Å²) in [6.07, 6.45) is 10.1. The van der Waals surface area contributed by atoms with E-state index in [1.165, 1.54) is 58.0 Å². The van der Waals surface area contributed by atoms with Crippen molar-refractivity contribution in [1.29, 1.82) is 0 Å². The van der Waals surface area contributed by atoms with Crippen LogP contribution in [0.15, 0.2) is 4.99 Å². The van der Waals surface area contributed by atoms with Gasteiger partial charge in [-0.2, -0.15) is 0 Å². The fourth-order valence-corrected chi connectivity index (χ4v) is 3.68. The van der Waals surface area contributed by atoms with Gasteiger partial charge in [-0.05, 0) is 57.7 Å². The van der Waals surface area contributed by atoms with E-state index < -0.39 is 0 Å². The van der Waals surface area contributed by atoms with Gasteiger partial charge in [0.05, 0.1) is 0 Å². The van der Waals surface area contributed by atoms with Gasteiger partial charge in [-0.3, -0.25) is 4.79 Å². The molecule has 0 bridgehead atoms. The molecule has 1 aliphatic carbocycles. The molecular weight excluding hydrogens is 453 g/mol. The number of carbonyl (C=O) groups is 1. The Morgan fingerprint density at radius 2 is 1.78 bits per heavy atom. The van der Waals surface area contributed by atoms with Gasteiger partial charge in [0.2, 0.25) is 5.91 Å². The third-order valence-corrected chi connectivity index (χ3v) is 5.64. The predicted octanol–water partition coefficient (Wildman–Crippen LogP) is 2.68. The van der Waals surface area contributed by atoms with Crippen LogP contribution in [0.5, 0.6) is 0 Å². The number of likely N-dealkylation sites (N-methyl/N-ethyl adjacent to an activating group) is 1. The number of likely N-dealkylation sites (tertiary alicyclic amines) is 1. The van der Waals surface area contributed by atoms with Gasteiger partial charge in [0.15, 0.2) is 5.96 Å². The summed E-state index contributed by atoms with van der Waals surface area (Å²) in [5, 5.41) is 7.00. The lowest BCUT2D eigenvalue weighted by Crippen LogP contribution is -2.45. The number of hydrogen-bond acceptors (Lipinski definition) is 3. The van der Waals surface area contributed by atoms with Crippen LogP contribution in [0.1, 0.15) is 58.3 Å². The van der Waals surface area contributed by atoms with Crippen molar-refractivity contribution in [3.63, 3.8) is 0 Å². The van der Waals surface area contributed by atoms with Crippen LogP contribution in [0.3, 0.4) is 0 Å². The average Bonchev–Trinajstić information content (AvgIpc) is 2.64. The van der Waals surface area contributed by atoms with E-state index >= 15 is 0 Å². The number of halogens is 1. The Kier molecular flexibility index (Phi) is 12.3. The van der Waals surface area contributed by atoms with Gasteiger partial charge in [-0.1, -0.05) is 26.2 Å². The smallest absolute Gasteiger partial charge is 0.243 e. The summed E-state index contributed by atoms with van der Waals surface area (Å²) < 4.78 is 0. The molecule has 0 aromatic heterocycles. The van der Waals surface area contributed by atoms with Crippen molar-refractivity contribution in [3.8, 4) is 0 Å². The van der Waals surface area contributed by atoms with Crippen LogP contribution in [0.2, 0.25) is 0 Å². The Labute approximate surface area is 182 Å². The van der Waals surface area contributed by atoms with E-state index in [4.69, 9.17) is 0 Å². The first kappa shape index (κ1) is 24.5. The number of nitrogens with zero attached hydrogens (tertiary/aromatic N) is 3. The molecule has 0 aromatic rings. The SMILES string of the molecule is CC1CCN(CCCNC(=NCC(=O)N(C)C)NC2CCCCC2)CC1.I. The molecule has 1 heterocycles. The third kappa shape index (κ3) is 9.96. The number of piperidine rings is 1. The second-order valence-electron chi connectivity index (χ2n) is 8.24. The van der Waals surface area contributed by atoms with Crippen LogP contribution < -0.4 is 10.6 Å². The summed E-state index contributed by atoms with van der Waals surface area (Å²) in [5.41, 5.74) is 0.